The summed E-state index contributed by atoms with van der Waals surface area (Å²) in [4.78, 5) is 13.9. The van der Waals surface area contributed by atoms with Crippen LogP contribution in [0.2, 0.25) is 0 Å². The van der Waals surface area contributed by atoms with Gasteiger partial charge in [0.1, 0.15) is 11.4 Å². The molecular weight excluding hydrogens is 290 g/mol. The first-order valence-electron chi connectivity index (χ1n) is 8.40. The van der Waals surface area contributed by atoms with Gasteiger partial charge in [-0.25, -0.2) is 4.79 Å². The van der Waals surface area contributed by atoms with Crippen LogP contribution in [0, 0.1) is 12.8 Å². The highest BCUT2D eigenvalue weighted by Crippen LogP contribution is 2.26. The molecule has 128 valence electrons. The Bertz CT molecular complexity index is 540. The molecule has 0 bridgehead atoms. The number of nitrogens with zero attached hydrogens (tertiary/aromatic N) is 1. The van der Waals surface area contributed by atoms with Crippen LogP contribution >= 0.6 is 0 Å². The number of hydrogen-bond acceptors (Lipinski definition) is 3. The van der Waals surface area contributed by atoms with Gasteiger partial charge in [0.2, 0.25) is 0 Å². The van der Waals surface area contributed by atoms with E-state index < -0.39 is 5.60 Å². The number of likely N-dealkylation sites (tertiary alicyclic amines) is 1. The van der Waals surface area contributed by atoms with Crippen LogP contribution in [0.4, 0.5) is 4.79 Å². The van der Waals surface area contributed by atoms with E-state index >= 15 is 0 Å². The zero-order chi connectivity index (χ0) is 17.0. The minimum atomic E-state index is -0.422. The molecule has 1 aromatic carbocycles. The second-order valence-corrected chi connectivity index (χ2v) is 7.41. The van der Waals surface area contributed by atoms with Gasteiger partial charge in [-0.3, -0.25) is 0 Å². The number of amides is 1. The summed E-state index contributed by atoms with van der Waals surface area (Å²) >= 11 is 0. The second kappa shape index (κ2) is 7.24. The molecule has 0 aromatic heterocycles. The van der Waals surface area contributed by atoms with Crippen molar-refractivity contribution in [3.63, 3.8) is 0 Å². The molecule has 23 heavy (non-hydrogen) atoms. The maximum absolute atomic E-state index is 12.1. The molecule has 1 aromatic rings. The Morgan fingerprint density at radius 3 is 2.43 bits per heavy atom. The Morgan fingerprint density at radius 1 is 1.26 bits per heavy atom. The fourth-order valence-electron chi connectivity index (χ4n) is 2.98. The molecule has 1 amide bonds. The van der Waals surface area contributed by atoms with Crippen LogP contribution in [0.5, 0.6) is 5.75 Å². The van der Waals surface area contributed by atoms with Gasteiger partial charge in [-0.1, -0.05) is 6.07 Å². The van der Waals surface area contributed by atoms with Crippen LogP contribution in [0.15, 0.2) is 18.2 Å². The summed E-state index contributed by atoms with van der Waals surface area (Å²) in [5.41, 5.74) is 2.23. The highest BCUT2D eigenvalue weighted by Gasteiger charge is 2.27. The Hall–Kier alpha value is -1.71. The van der Waals surface area contributed by atoms with Crippen LogP contribution in [-0.4, -0.2) is 36.8 Å². The van der Waals surface area contributed by atoms with Crippen LogP contribution < -0.4 is 4.74 Å². The van der Waals surface area contributed by atoms with Gasteiger partial charge in [-0.2, -0.15) is 0 Å². The quantitative estimate of drug-likeness (QED) is 0.838. The van der Waals surface area contributed by atoms with Crippen molar-refractivity contribution in [2.45, 2.75) is 52.6 Å². The molecule has 1 heterocycles. The maximum atomic E-state index is 12.1. The van der Waals surface area contributed by atoms with E-state index in [0.717, 1.165) is 38.1 Å². The number of ether oxygens (including phenoxy) is 2. The van der Waals surface area contributed by atoms with E-state index in [0.29, 0.717) is 5.92 Å². The van der Waals surface area contributed by atoms with E-state index in [-0.39, 0.29) is 6.09 Å². The van der Waals surface area contributed by atoms with Gasteiger partial charge in [-0.05, 0) is 76.1 Å². The standard InChI is InChI=1S/C19H29NO3/c1-14-12-17(22-5)7-6-16(14)13-15-8-10-20(11-9-15)18(21)23-19(2,3)4/h6-7,12,15H,8-11,13H2,1-5H3. The van der Waals surface area contributed by atoms with Gasteiger partial charge >= 0.3 is 6.09 Å². The lowest BCUT2D eigenvalue weighted by atomic mass is 9.88. The normalized spacial score (nSPS) is 16.3. The molecular formula is C19H29NO3. The van der Waals surface area contributed by atoms with Crippen molar-refractivity contribution in [3.05, 3.63) is 29.3 Å². The Kier molecular flexibility index (Phi) is 5.55. The van der Waals surface area contributed by atoms with Gasteiger partial charge in [0, 0.05) is 13.1 Å². The first-order chi connectivity index (χ1) is 10.8. The van der Waals surface area contributed by atoms with Gasteiger partial charge in [0.25, 0.3) is 0 Å². The van der Waals surface area contributed by atoms with Crippen molar-refractivity contribution in [3.8, 4) is 5.75 Å². The molecule has 2 rings (SSSR count). The fourth-order valence-corrected chi connectivity index (χ4v) is 2.98. The van der Waals surface area contributed by atoms with Gasteiger partial charge in [0.15, 0.2) is 0 Å². The maximum Gasteiger partial charge on any atom is 0.410 e. The summed E-state index contributed by atoms with van der Waals surface area (Å²) in [7, 11) is 1.70. The van der Waals surface area contributed by atoms with E-state index in [4.69, 9.17) is 9.47 Å². The number of carbonyl (C=O) groups excluding carboxylic acids is 1. The van der Waals surface area contributed by atoms with E-state index in [1.807, 2.05) is 31.7 Å². The largest absolute Gasteiger partial charge is 0.497 e. The van der Waals surface area contributed by atoms with Crippen molar-refractivity contribution in [1.29, 1.82) is 0 Å². The summed E-state index contributed by atoms with van der Waals surface area (Å²) in [5.74, 6) is 1.53. The minimum Gasteiger partial charge on any atom is -0.497 e. The number of carbonyl (C=O) groups is 1. The Balaban J connectivity index is 1.86. The first-order valence-corrected chi connectivity index (χ1v) is 8.40. The third-order valence-corrected chi connectivity index (χ3v) is 4.32. The number of methoxy groups -OCH3 is 1. The first kappa shape index (κ1) is 17.6. The number of hydrogen-bond donors (Lipinski definition) is 0. The smallest absolute Gasteiger partial charge is 0.410 e. The molecule has 1 saturated heterocycles. The summed E-state index contributed by atoms with van der Waals surface area (Å²) in [6.07, 6.45) is 2.95. The van der Waals surface area contributed by atoms with Crippen LogP contribution in [0.25, 0.3) is 0 Å². The number of piperidine rings is 1. The lowest BCUT2D eigenvalue weighted by molar-refractivity contribution is 0.0184. The molecule has 0 radical (unpaired) electrons. The summed E-state index contributed by atoms with van der Waals surface area (Å²) in [6.45, 7) is 9.43. The average molecular weight is 319 g/mol. The van der Waals surface area contributed by atoms with Crippen LogP contribution in [-0.2, 0) is 11.2 Å². The Morgan fingerprint density at radius 2 is 1.91 bits per heavy atom. The summed E-state index contributed by atoms with van der Waals surface area (Å²) < 4.78 is 10.7. The predicted molar refractivity (Wildman–Crippen MR) is 92.0 cm³/mol. The third-order valence-electron chi connectivity index (χ3n) is 4.32. The van der Waals surface area contributed by atoms with Gasteiger partial charge < -0.3 is 14.4 Å². The molecule has 1 aliphatic heterocycles. The molecule has 0 spiro atoms. The van der Waals surface area contributed by atoms with Crippen molar-refractivity contribution < 1.29 is 14.3 Å². The number of aryl methyl sites for hydroxylation is 1. The molecule has 1 fully saturated rings. The van der Waals surface area contributed by atoms with E-state index in [2.05, 4.69) is 19.1 Å². The molecule has 4 heteroatoms. The zero-order valence-electron chi connectivity index (χ0n) is 15.0. The number of rotatable bonds is 3. The topological polar surface area (TPSA) is 38.8 Å². The van der Waals surface area contributed by atoms with Crippen LogP contribution in [0.3, 0.4) is 0 Å². The van der Waals surface area contributed by atoms with E-state index in [1.165, 1.54) is 11.1 Å². The monoisotopic (exact) mass is 319 g/mol. The highest BCUT2D eigenvalue weighted by molar-refractivity contribution is 5.68. The van der Waals surface area contributed by atoms with Crippen molar-refractivity contribution >= 4 is 6.09 Å². The lowest BCUT2D eigenvalue weighted by Crippen LogP contribution is -2.42. The van der Waals surface area contributed by atoms with E-state index in [1.54, 1.807) is 7.11 Å². The second-order valence-electron chi connectivity index (χ2n) is 7.41. The fraction of sp³-hybridized carbons (Fsp3) is 0.632. The molecule has 0 atom stereocenters. The SMILES string of the molecule is COc1ccc(CC2CCN(C(=O)OC(C)(C)C)CC2)c(C)c1. The summed E-state index contributed by atoms with van der Waals surface area (Å²) in [6, 6.07) is 6.28. The van der Waals surface area contributed by atoms with Crippen LogP contribution in [0.1, 0.15) is 44.7 Å². The number of benzene rings is 1. The molecule has 4 nitrogen and oxygen atoms in total. The zero-order valence-corrected chi connectivity index (χ0v) is 15.0. The van der Waals surface area contributed by atoms with Crippen molar-refractivity contribution in [2.75, 3.05) is 20.2 Å². The van der Waals surface area contributed by atoms with Gasteiger partial charge in [0.05, 0.1) is 7.11 Å². The predicted octanol–water partition coefficient (Wildman–Crippen LogP) is 4.19. The van der Waals surface area contributed by atoms with Crippen molar-refractivity contribution in [1.82, 2.24) is 4.90 Å². The highest BCUT2D eigenvalue weighted by atomic mass is 16.6. The summed E-state index contributed by atoms with van der Waals surface area (Å²) in [5, 5.41) is 0. The molecule has 0 N–H and O–H groups in total. The van der Waals surface area contributed by atoms with E-state index in [9.17, 15) is 4.79 Å². The third kappa shape index (κ3) is 5.15. The average Bonchev–Trinajstić information content (AvgIpc) is 2.48. The molecule has 0 unspecified atom stereocenters. The Labute approximate surface area is 139 Å². The molecule has 0 aliphatic carbocycles. The minimum absolute atomic E-state index is 0.184. The molecule has 0 saturated carbocycles. The molecule has 1 aliphatic rings. The lowest BCUT2D eigenvalue weighted by Gasteiger charge is -2.33. The van der Waals surface area contributed by atoms with Crippen molar-refractivity contribution in [2.24, 2.45) is 5.92 Å². The van der Waals surface area contributed by atoms with Gasteiger partial charge in [-0.15, -0.1) is 0 Å².